The Bertz CT molecular complexity index is 901. The molecule has 0 saturated carbocycles. The number of ether oxygens (including phenoxy) is 1. The lowest BCUT2D eigenvalue weighted by atomic mass is 10.1. The predicted octanol–water partition coefficient (Wildman–Crippen LogP) is 4.78. The predicted molar refractivity (Wildman–Crippen MR) is 103 cm³/mol. The number of rotatable bonds is 5. The van der Waals surface area contributed by atoms with E-state index >= 15 is 0 Å². The first kappa shape index (κ1) is 16.9. The standard InChI is InChI=1S/C20H18N2O2S/c1-14-8-10-18(24-2)16(12-14)17-13-25-20(21-17)22-19(23)11-9-15-6-4-3-5-7-15/h3-13H,1-2H3,(H,21,22,23)/b11-9+. The maximum absolute atomic E-state index is 12.1. The van der Waals surface area contributed by atoms with Crippen LogP contribution in [0.15, 0.2) is 60.0 Å². The van der Waals surface area contributed by atoms with Gasteiger partial charge in [-0.2, -0.15) is 0 Å². The second-order valence-corrected chi connectivity index (χ2v) is 6.33. The highest BCUT2D eigenvalue weighted by atomic mass is 32.1. The summed E-state index contributed by atoms with van der Waals surface area (Å²) in [6.45, 7) is 2.02. The molecule has 0 atom stereocenters. The van der Waals surface area contributed by atoms with Crippen LogP contribution < -0.4 is 10.1 Å². The zero-order valence-corrected chi connectivity index (χ0v) is 14.8. The molecule has 0 aliphatic rings. The van der Waals surface area contributed by atoms with Crippen LogP contribution in [0.25, 0.3) is 17.3 Å². The molecule has 1 aromatic heterocycles. The fourth-order valence-corrected chi connectivity index (χ4v) is 3.07. The summed E-state index contributed by atoms with van der Waals surface area (Å²) in [7, 11) is 1.64. The minimum absolute atomic E-state index is 0.207. The van der Waals surface area contributed by atoms with Crippen molar-refractivity contribution in [1.29, 1.82) is 0 Å². The molecule has 0 aliphatic heterocycles. The summed E-state index contributed by atoms with van der Waals surface area (Å²) in [5.74, 6) is 0.554. The molecule has 4 nitrogen and oxygen atoms in total. The molecule has 3 aromatic rings. The van der Waals surface area contributed by atoms with Gasteiger partial charge in [-0.05, 0) is 30.7 Å². The van der Waals surface area contributed by atoms with Gasteiger partial charge in [-0.3, -0.25) is 10.1 Å². The van der Waals surface area contributed by atoms with E-state index in [0.29, 0.717) is 5.13 Å². The average molecular weight is 350 g/mol. The van der Waals surface area contributed by atoms with Gasteiger partial charge in [-0.25, -0.2) is 4.98 Å². The smallest absolute Gasteiger partial charge is 0.250 e. The van der Waals surface area contributed by atoms with Gasteiger partial charge in [-0.1, -0.05) is 42.0 Å². The fraction of sp³-hybridized carbons (Fsp3) is 0.100. The van der Waals surface area contributed by atoms with E-state index in [4.69, 9.17) is 4.74 Å². The summed E-state index contributed by atoms with van der Waals surface area (Å²) in [6.07, 6.45) is 3.27. The Labute approximate surface area is 150 Å². The number of nitrogens with one attached hydrogen (secondary N) is 1. The molecule has 0 unspecified atom stereocenters. The van der Waals surface area contributed by atoms with Crippen LogP contribution in [0.4, 0.5) is 5.13 Å². The highest BCUT2D eigenvalue weighted by Crippen LogP contribution is 2.32. The van der Waals surface area contributed by atoms with Crippen LogP contribution in [0, 0.1) is 6.92 Å². The Morgan fingerprint density at radius 1 is 1.20 bits per heavy atom. The Morgan fingerprint density at radius 2 is 2.00 bits per heavy atom. The number of hydrogen-bond donors (Lipinski definition) is 1. The summed E-state index contributed by atoms with van der Waals surface area (Å²) < 4.78 is 5.40. The summed E-state index contributed by atoms with van der Waals surface area (Å²) >= 11 is 1.39. The van der Waals surface area contributed by atoms with Gasteiger partial charge in [0.15, 0.2) is 5.13 Å². The normalized spacial score (nSPS) is 10.8. The Morgan fingerprint density at radius 3 is 2.76 bits per heavy atom. The maximum Gasteiger partial charge on any atom is 0.250 e. The number of aromatic nitrogens is 1. The lowest BCUT2D eigenvalue weighted by Crippen LogP contribution is -2.07. The Hall–Kier alpha value is -2.92. The van der Waals surface area contributed by atoms with E-state index in [2.05, 4.69) is 10.3 Å². The van der Waals surface area contributed by atoms with Crippen molar-refractivity contribution < 1.29 is 9.53 Å². The Kier molecular flexibility index (Phi) is 5.26. The number of anilines is 1. The molecule has 3 rings (SSSR count). The largest absolute Gasteiger partial charge is 0.496 e. The molecule has 1 N–H and O–H groups in total. The second kappa shape index (κ2) is 7.77. The number of methoxy groups -OCH3 is 1. The molecule has 0 saturated heterocycles. The van der Waals surface area contributed by atoms with Crippen molar-refractivity contribution in [3.05, 3.63) is 71.1 Å². The van der Waals surface area contributed by atoms with Crippen LogP contribution in [0.5, 0.6) is 5.75 Å². The first-order valence-electron chi connectivity index (χ1n) is 7.80. The van der Waals surface area contributed by atoms with E-state index < -0.39 is 0 Å². The number of aryl methyl sites for hydroxylation is 1. The van der Waals surface area contributed by atoms with Crippen molar-refractivity contribution in [3.63, 3.8) is 0 Å². The van der Waals surface area contributed by atoms with Crippen molar-refractivity contribution >= 4 is 28.5 Å². The van der Waals surface area contributed by atoms with Gasteiger partial charge in [0.25, 0.3) is 0 Å². The van der Waals surface area contributed by atoms with Crippen LogP contribution in [-0.4, -0.2) is 18.0 Å². The number of carbonyl (C=O) groups is 1. The van der Waals surface area contributed by atoms with E-state index in [1.165, 1.54) is 17.4 Å². The number of hydrogen-bond acceptors (Lipinski definition) is 4. The van der Waals surface area contributed by atoms with E-state index in [1.54, 1.807) is 13.2 Å². The van der Waals surface area contributed by atoms with Crippen LogP contribution in [0.3, 0.4) is 0 Å². The molecule has 0 radical (unpaired) electrons. The zero-order chi connectivity index (χ0) is 17.6. The highest BCUT2D eigenvalue weighted by Gasteiger charge is 2.11. The first-order chi connectivity index (χ1) is 12.2. The van der Waals surface area contributed by atoms with Gasteiger partial charge in [0.05, 0.1) is 12.8 Å². The number of carbonyl (C=O) groups excluding carboxylic acids is 1. The third kappa shape index (κ3) is 4.33. The molecule has 1 amide bonds. The van der Waals surface area contributed by atoms with E-state index in [-0.39, 0.29) is 5.91 Å². The van der Waals surface area contributed by atoms with Crippen molar-refractivity contribution in [2.24, 2.45) is 0 Å². The minimum Gasteiger partial charge on any atom is -0.496 e. The molecule has 0 aliphatic carbocycles. The van der Waals surface area contributed by atoms with Crippen molar-refractivity contribution in [2.45, 2.75) is 6.92 Å². The summed E-state index contributed by atoms with van der Waals surface area (Å²) in [5, 5.41) is 5.26. The van der Waals surface area contributed by atoms with Crippen molar-refractivity contribution in [3.8, 4) is 17.0 Å². The van der Waals surface area contributed by atoms with Gasteiger partial charge in [-0.15, -0.1) is 11.3 Å². The SMILES string of the molecule is COc1ccc(C)cc1-c1csc(NC(=O)/C=C/c2ccccc2)n1. The van der Waals surface area contributed by atoms with Crippen LogP contribution in [-0.2, 0) is 4.79 Å². The molecular formula is C20H18N2O2S. The monoisotopic (exact) mass is 350 g/mol. The highest BCUT2D eigenvalue weighted by molar-refractivity contribution is 7.14. The fourth-order valence-electron chi connectivity index (χ4n) is 2.36. The molecule has 0 bridgehead atoms. The summed E-state index contributed by atoms with van der Waals surface area (Å²) in [5.41, 5.74) is 3.80. The maximum atomic E-state index is 12.1. The molecule has 1 heterocycles. The minimum atomic E-state index is -0.207. The second-order valence-electron chi connectivity index (χ2n) is 5.47. The molecule has 2 aromatic carbocycles. The van der Waals surface area contributed by atoms with Crippen LogP contribution in [0.1, 0.15) is 11.1 Å². The average Bonchev–Trinajstić information content (AvgIpc) is 3.09. The summed E-state index contributed by atoms with van der Waals surface area (Å²) in [6, 6.07) is 15.6. The van der Waals surface area contributed by atoms with E-state index in [0.717, 1.165) is 28.1 Å². The third-order valence-corrected chi connectivity index (χ3v) is 4.35. The summed E-state index contributed by atoms with van der Waals surface area (Å²) in [4.78, 5) is 16.6. The van der Waals surface area contributed by atoms with Gasteiger partial charge in [0.2, 0.25) is 5.91 Å². The quantitative estimate of drug-likeness (QED) is 0.674. The van der Waals surface area contributed by atoms with Crippen molar-refractivity contribution in [1.82, 2.24) is 4.98 Å². The lowest BCUT2D eigenvalue weighted by molar-refractivity contribution is -0.111. The van der Waals surface area contributed by atoms with Crippen LogP contribution in [0.2, 0.25) is 0 Å². The number of benzene rings is 2. The van der Waals surface area contributed by atoms with Gasteiger partial charge >= 0.3 is 0 Å². The van der Waals surface area contributed by atoms with Gasteiger partial charge in [0.1, 0.15) is 5.75 Å². The number of nitrogens with zero attached hydrogens (tertiary/aromatic N) is 1. The van der Waals surface area contributed by atoms with Crippen LogP contribution >= 0.6 is 11.3 Å². The molecule has 0 spiro atoms. The number of thiazole rings is 1. The topological polar surface area (TPSA) is 51.2 Å². The van der Waals surface area contributed by atoms with Gasteiger partial charge < -0.3 is 4.74 Å². The lowest BCUT2D eigenvalue weighted by Gasteiger charge is -2.07. The molecule has 5 heteroatoms. The van der Waals surface area contributed by atoms with E-state index in [1.807, 2.05) is 60.8 Å². The molecular weight excluding hydrogens is 332 g/mol. The van der Waals surface area contributed by atoms with Gasteiger partial charge in [0, 0.05) is 17.0 Å². The van der Waals surface area contributed by atoms with Crippen molar-refractivity contribution in [2.75, 3.05) is 12.4 Å². The van der Waals surface area contributed by atoms with E-state index in [9.17, 15) is 4.79 Å². The molecule has 0 fully saturated rings. The zero-order valence-electron chi connectivity index (χ0n) is 14.0. The molecule has 126 valence electrons. The first-order valence-corrected chi connectivity index (χ1v) is 8.68. The third-order valence-electron chi connectivity index (χ3n) is 3.59. The molecule has 25 heavy (non-hydrogen) atoms. The Balaban J connectivity index is 1.73. The number of amides is 1.